The van der Waals surface area contributed by atoms with Gasteiger partial charge in [0.25, 0.3) is 5.91 Å². The Labute approximate surface area is 114 Å². The van der Waals surface area contributed by atoms with E-state index in [4.69, 9.17) is 5.73 Å². The molecule has 0 saturated heterocycles. The van der Waals surface area contributed by atoms with E-state index in [-0.39, 0.29) is 11.7 Å². The van der Waals surface area contributed by atoms with E-state index in [1.807, 2.05) is 7.05 Å². The van der Waals surface area contributed by atoms with Crippen LogP contribution in [0, 0.1) is 5.82 Å². The van der Waals surface area contributed by atoms with Gasteiger partial charge in [0, 0.05) is 16.6 Å². The van der Waals surface area contributed by atoms with Crippen LogP contribution in [-0.4, -0.2) is 26.0 Å². The fraction of sp³-hybridized carbons (Fsp3) is 0.308. The van der Waals surface area contributed by atoms with Gasteiger partial charge in [-0.25, -0.2) is 4.39 Å². The molecule has 0 atom stereocenters. The number of nitrogens with one attached hydrogen (secondary N) is 2. The van der Waals surface area contributed by atoms with Crippen molar-refractivity contribution in [1.82, 2.24) is 10.6 Å². The van der Waals surface area contributed by atoms with E-state index in [0.717, 1.165) is 17.7 Å². The number of benzene rings is 1. The number of nitrogen functional groups attached to an aromatic ring is 1. The first-order valence-corrected chi connectivity index (χ1v) is 6.85. The number of thiophene rings is 1. The van der Waals surface area contributed by atoms with Crippen molar-refractivity contribution in [2.24, 2.45) is 0 Å². The van der Waals surface area contributed by atoms with Crippen molar-refractivity contribution < 1.29 is 9.18 Å². The van der Waals surface area contributed by atoms with Gasteiger partial charge in [-0.3, -0.25) is 4.79 Å². The molecule has 2 aromatic rings. The third kappa shape index (κ3) is 3.02. The molecule has 1 heterocycles. The van der Waals surface area contributed by atoms with Gasteiger partial charge in [0.1, 0.15) is 10.7 Å². The standard InChI is InChI=1S/C13H16FN3OS/c1-16-5-2-6-17-13(18)12-11(15)9-7-8(14)3-4-10(9)19-12/h3-4,7,16H,2,5-6,15H2,1H3,(H,17,18). The van der Waals surface area contributed by atoms with Gasteiger partial charge in [0.05, 0.1) is 5.69 Å². The summed E-state index contributed by atoms with van der Waals surface area (Å²) in [7, 11) is 1.86. The predicted molar refractivity (Wildman–Crippen MR) is 77.1 cm³/mol. The lowest BCUT2D eigenvalue weighted by atomic mass is 10.2. The van der Waals surface area contributed by atoms with Gasteiger partial charge < -0.3 is 16.4 Å². The molecule has 0 aliphatic heterocycles. The van der Waals surface area contributed by atoms with Gasteiger partial charge >= 0.3 is 0 Å². The maximum absolute atomic E-state index is 13.2. The Morgan fingerprint density at radius 1 is 1.42 bits per heavy atom. The maximum Gasteiger partial charge on any atom is 0.263 e. The number of hydrogen-bond donors (Lipinski definition) is 3. The number of halogens is 1. The molecular weight excluding hydrogens is 265 g/mol. The van der Waals surface area contributed by atoms with Crippen LogP contribution in [0.4, 0.5) is 10.1 Å². The molecular formula is C13H16FN3OS. The highest BCUT2D eigenvalue weighted by atomic mass is 32.1. The monoisotopic (exact) mass is 281 g/mol. The van der Waals surface area contributed by atoms with Gasteiger partial charge in [-0.1, -0.05) is 0 Å². The summed E-state index contributed by atoms with van der Waals surface area (Å²) in [5.41, 5.74) is 6.26. The van der Waals surface area contributed by atoms with E-state index in [0.29, 0.717) is 22.5 Å². The number of rotatable bonds is 5. The molecule has 1 aromatic heterocycles. The Morgan fingerprint density at radius 3 is 2.95 bits per heavy atom. The average Bonchev–Trinajstić information content (AvgIpc) is 2.72. The van der Waals surface area contributed by atoms with Crippen LogP contribution in [0.2, 0.25) is 0 Å². The molecule has 0 bridgehead atoms. The molecule has 1 amide bonds. The summed E-state index contributed by atoms with van der Waals surface area (Å²) < 4.78 is 14.0. The SMILES string of the molecule is CNCCCNC(=O)c1sc2ccc(F)cc2c1N. The van der Waals surface area contributed by atoms with Crippen LogP contribution >= 0.6 is 11.3 Å². The topological polar surface area (TPSA) is 67.1 Å². The van der Waals surface area contributed by atoms with E-state index in [1.54, 1.807) is 6.07 Å². The molecule has 2 rings (SSSR count). The Morgan fingerprint density at radius 2 is 2.21 bits per heavy atom. The van der Waals surface area contributed by atoms with Crippen LogP contribution in [-0.2, 0) is 0 Å². The zero-order valence-electron chi connectivity index (χ0n) is 10.6. The minimum absolute atomic E-state index is 0.199. The lowest BCUT2D eigenvalue weighted by Gasteiger charge is -2.03. The lowest BCUT2D eigenvalue weighted by Crippen LogP contribution is -2.26. The van der Waals surface area contributed by atoms with E-state index >= 15 is 0 Å². The van der Waals surface area contributed by atoms with E-state index < -0.39 is 0 Å². The van der Waals surface area contributed by atoms with E-state index in [2.05, 4.69) is 10.6 Å². The van der Waals surface area contributed by atoms with E-state index in [9.17, 15) is 9.18 Å². The Hall–Kier alpha value is -1.66. The Kier molecular flexibility index (Phi) is 4.34. The van der Waals surface area contributed by atoms with Crippen molar-refractivity contribution in [1.29, 1.82) is 0 Å². The third-order valence-corrected chi connectivity index (χ3v) is 3.97. The molecule has 0 radical (unpaired) electrons. The second kappa shape index (κ2) is 5.99. The smallest absolute Gasteiger partial charge is 0.263 e. The highest BCUT2D eigenvalue weighted by Crippen LogP contribution is 2.33. The van der Waals surface area contributed by atoms with Gasteiger partial charge in [0.2, 0.25) is 0 Å². The molecule has 19 heavy (non-hydrogen) atoms. The number of fused-ring (bicyclic) bond motifs is 1. The zero-order valence-corrected chi connectivity index (χ0v) is 11.4. The second-order valence-electron chi connectivity index (χ2n) is 4.20. The van der Waals surface area contributed by atoms with Crippen molar-refractivity contribution in [3.8, 4) is 0 Å². The number of nitrogens with two attached hydrogens (primary N) is 1. The van der Waals surface area contributed by atoms with Crippen molar-refractivity contribution >= 4 is 33.0 Å². The highest BCUT2D eigenvalue weighted by molar-refractivity contribution is 7.21. The summed E-state index contributed by atoms with van der Waals surface area (Å²) in [4.78, 5) is 12.4. The molecule has 1 aromatic carbocycles. The first-order chi connectivity index (χ1) is 9.13. The van der Waals surface area contributed by atoms with Crippen molar-refractivity contribution in [2.45, 2.75) is 6.42 Å². The zero-order chi connectivity index (χ0) is 13.8. The molecule has 0 saturated carbocycles. The lowest BCUT2D eigenvalue weighted by molar-refractivity contribution is 0.0958. The van der Waals surface area contributed by atoms with Crippen LogP contribution in [0.3, 0.4) is 0 Å². The van der Waals surface area contributed by atoms with Gasteiger partial charge in [-0.05, 0) is 38.2 Å². The summed E-state index contributed by atoms with van der Waals surface area (Å²) in [6, 6.07) is 4.37. The molecule has 4 N–H and O–H groups in total. The van der Waals surface area contributed by atoms with E-state index in [1.165, 1.54) is 23.5 Å². The molecule has 0 unspecified atom stereocenters. The number of hydrogen-bond acceptors (Lipinski definition) is 4. The van der Waals surface area contributed by atoms with Gasteiger partial charge in [-0.2, -0.15) is 0 Å². The summed E-state index contributed by atoms with van der Waals surface area (Å²) in [6.07, 6.45) is 0.849. The average molecular weight is 281 g/mol. The normalized spacial score (nSPS) is 10.8. The van der Waals surface area contributed by atoms with Gasteiger partial charge in [0.15, 0.2) is 0 Å². The molecule has 6 heteroatoms. The van der Waals surface area contributed by atoms with Crippen molar-refractivity contribution in [2.75, 3.05) is 25.9 Å². The summed E-state index contributed by atoms with van der Waals surface area (Å²) in [5.74, 6) is -0.548. The summed E-state index contributed by atoms with van der Waals surface area (Å²) in [5, 5.41) is 6.42. The molecule has 0 aliphatic rings. The molecule has 0 spiro atoms. The van der Waals surface area contributed by atoms with Crippen LogP contribution < -0.4 is 16.4 Å². The van der Waals surface area contributed by atoms with Crippen LogP contribution in [0.5, 0.6) is 0 Å². The fourth-order valence-corrected chi connectivity index (χ4v) is 2.82. The minimum atomic E-state index is -0.349. The third-order valence-electron chi connectivity index (χ3n) is 2.78. The largest absolute Gasteiger partial charge is 0.397 e. The Bertz CT molecular complexity index is 597. The predicted octanol–water partition coefficient (Wildman–Crippen LogP) is 1.96. The Balaban J connectivity index is 2.16. The second-order valence-corrected chi connectivity index (χ2v) is 5.25. The maximum atomic E-state index is 13.2. The summed E-state index contributed by atoms with van der Waals surface area (Å²) in [6.45, 7) is 1.43. The molecule has 0 aliphatic carbocycles. The molecule has 102 valence electrons. The molecule has 4 nitrogen and oxygen atoms in total. The van der Waals surface area contributed by atoms with Crippen LogP contribution in [0.1, 0.15) is 16.1 Å². The van der Waals surface area contributed by atoms with Crippen molar-refractivity contribution in [3.05, 3.63) is 28.9 Å². The number of carbonyl (C=O) groups is 1. The number of carbonyl (C=O) groups excluding carboxylic acids is 1. The van der Waals surface area contributed by atoms with Crippen LogP contribution in [0.25, 0.3) is 10.1 Å². The van der Waals surface area contributed by atoms with Gasteiger partial charge in [-0.15, -0.1) is 11.3 Å². The van der Waals surface area contributed by atoms with Crippen LogP contribution in [0.15, 0.2) is 18.2 Å². The molecule has 0 fully saturated rings. The highest BCUT2D eigenvalue weighted by Gasteiger charge is 2.16. The first kappa shape index (κ1) is 13.8. The summed E-state index contributed by atoms with van der Waals surface area (Å²) >= 11 is 1.29. The van der Waals surface area contributed by atoms with Crippen molar-refractivity contribution in [3.63, 3.8) is 0 Å². The number of anilines is 1. The fourth-order valence-electron chi connectivity index (χ4n) is 1.80. The quantitative estimate of drug-likeness (QED) is 0.734. The minimum Gasteiger partial charge on any atom is -0.397 e. The first-order valence-electron chi connectivity index (χ1n) is 6.04. The number of amides is 1.